The van der Waals surface area contributed by atoms with E-state index in [0.29, 0.717) is 28.9 Å². The minimum Gasteiger partial charge on any atom is -0.458 e. The third kappa shape index (κ3) is 4.04. The fourth-order valence-electron chi connectivity index (χ4n) is 2.85. The van der Waals surface area contributed by atoms with E-state index >= 15 is 0 Å². The van der Waals surface area contributed by atoms with E-state index < -0.39 is 0 Å². The van der Waals surface area contributed by atoms with Crippen LogP contribution in [0.1, 0.15) is 30.6 Å². The van der Waals surface area contributed by atoms with Gasteiger partial charge in [-0.25, -0.2) is 4.85 Å². The molecule has 5 heteroatoms. The summed E-state index contributed by atoms with van der Waals surface area (Å²) in [6.45, 7) is 13.4. The monoisotopic (exact) mass is 350 g/mol. The van der Waals surface area contributed by atoms with Gasteiger partial charge in [-0.1, -0.05) is 19.1 Å². The first-order valence-corrected chi connectivity index (χ1v) is 8.77. The van der Waals surface area contributed by atoms with Crippen LogP contribution >= 0.6 is 0 Å². The van der Waals surface area contributed by atoms with E-state index in [-0.39, 0.29) is 5.78 Å². The van der Waals surface area contributed by atoms with Crippen molar-refractivity contribution in [2.45, 2.75) is 26.4 Å². The summed E-state index contributed by atoms with van der Waals surface area (Å²) in [5, 5.41) is 0. The zero-order valence-electron chi connectivity index (χ0n) is 15.1. The number of hydrogen-bond acceptors (Lipinski definition) is 4. The van der Waals surface area contributed by atoms with E-state index in [4.69, 9.17) is 16.0 Å². The van der Waals surface area contributed by atoms with Crippen molar-refractivity contribution in [2.75, 3.05) is 24.6 Å². The lowest BCUT2D eigenvalue weighted by atomic mass is 10.1. The van der Waals surface area contributed by atoms with Gasteiger partial charge in [0.2, 0.25) is 0 Å². The topological polar surface area (TPSA) is 43.1 Å². The van der Waals surface area contributed by atoms with E-state index in [1.165, 1.54) is 6.92 Å². The molecule has 0 atom stereocenters. The zero-order chi connectivity index (χ0) is 18.5. The van der Waals surface area contributed by atoms with Gasteiger partial charge in [-0.15, -0.1) is 0 Å². The molecule has 0 amide bonds. The van der Waals surface area contributed by atoms with Crippen molar-refractivity contribution >= 4 is 17.2 Å². The number of carbonyl (C=O) groups excluding carboxylic acids is 1. The summed E-state index contributed by atoms with van der Waals surface area (Å²) in [5.74, 6) is 0.959. The number of ether oxygens (including phenoxy) is 2. The maximum Gasteiger partial charge on any atom is 0.190 e. The second-order valence-corrected chi connectivity index (χ2v) is 6.34. The lowest BCUT2D eigenvalue weighted by Crippen LogP contribution is -2.52. The Bertz CT molecular complexity index is 818. The van der Waals surface area contributed by atoms with Crippen molar-refractivity contribution in [3.63, 3.8) is 0 Å². The minimum atomic E-state index is -0.0909. The first-order chi connectivity index (χ1) is 12.6. The molecule has 0 bridgehead atoms. The molecule has 1 fully saturated rings. The maximum absolute atomic E-state index is 11.8. The highest BCUT2D eigenvalue weighted by Crippen LogP contribution is 2.32. The second kappa shape index (κ2) is 8.03. The third-order valence-electron chi connectivity index (χ3n) is 4.31. The van der Waals surface area contributed by atoms with Gasteiger partial charge in [0.05, 0.1) is 18.2 Å². The summed E-state index contributed by atoms with van der Waals surface area (Å²) >= 11 is 0. The Labute approximate surface area is 154 Å². The molecule has 2 aromatic carbocycles. The smallest absolute Gasteiger partial charge is 0.190 e. The Kier molecular flexibility index (Phi) is 5.55. The number of hydrogen-bond donors (Lipinski definition) is 0. The van der Waals surface area contributed by atoms with Crippen LogP contribution < -0.4 is 9.64 Å². The molecule has 134 valence electrons. The van der Waals surface area contributed by atoms with Gasteiger partial charge < -0.3 is 14.4 Å². The van der Waals surface area contributed by atoms with Crippen molar-refractivity contribution in [1.82, 2.24) is 0 Å². The molecule has 1 saturated heterocycles. The number of rotatable bonds is 7. The van der Waals surface area contributed by atoms with Crippen LogP contribution in [0.4, 0.5) is 11.4 Å². The van der Waals surface area contributed by atoms with Crippen molar-refractivity contribution in [3.8, 4) is 11.5 Å². The van der Waals surface area contributed by atoms with E-state index in [1.807, 2.05) is 24.3 Å². The molecular formula is C21H22N2O3. The molecule has 0 spiro atoms. The van der Waals surface area contributed by atoms with Crippen molar-refractivity contribution in [1.29, 1.82) is 0 Å². The van der Waals surface area contributed by atoms with Crippen LogP contribution in [0.15, 0.2) is 42.5 Å². The Morgan fingerprint density at radius 2 is 1.96 bits per heavy atom. The maximum atomic E-state index is 11.8. The Hall–Kier alpha value is -2.84. The predicted molar refractivity (Wildman–Crippen MR) is 101 cm³/mol. The molecule has 1 heterocycles. The van der Waals surface area contributed by atoms with Crippen LogP contribution in [0.2, 0.25) is 0 Å². The van der Waals surface area contributed by atoms with E-state index in [9.17, 15) is 4.79 Å². The average molecular weight is 350 g/mol. The Morgan fingerprint density at radius 3 is 2.58 bits per heavy atom. The number of benzene rings is 2. The minimum absolute atomic E-state index is 0.0909. The molecule has 0 radical (unpaired) electrons. The van der Waals surface area contributed by atoms with Gasteiger partial charge in [0, 0.05) is 25.4 Å². The number of ketones is 1. The van der Waals surface area contributed by atoms with E-state index in [2.05, 4.69) is 16.7 Å². The highest BCUT2D eigenvalue weighted by atomic mass is 16.5. The van der Waals surface area contributed by atoms with Crippen molar-refractivity contribution in [3.05, 3.63) is 59.4 Å². The first kappa shape index (κ1) is 18.0. The lowest BCUT2D eigenvalue weighted by Gasteiger charge is -2.40. The van der Waals surface area contributed by atoms with Gasteiger partial charge in [-0.3, -0.25) is 4.79 Å². The van der Waals surface area contributed by atoms with Gasteiger partial charge in [-0.2, -0.15) is 0 Å². The van der Waals surface area contributed by atoms with Gasteiger partial charge >= 0.3 is 0 Å². The number of Topliss-reactive ketones (excluding diaryl/α,β-unsaturated/α-hetero) is 1. The molecule has 0 unspecified atom stereocenters. The fourth-order valence-corrected chi connectivity index (χ4v) is 2.85. The van der Waals surface area contributed by atoms with Gasteiger partial charge in [0.15, 0.2) is 11.5 Å². The van der Waals surface area contributed by atoms with Gasteiger partial charge in [0.1, 0.15) is 11.5 Å². The molecule has 2 aromatic rings. The Balaban J connectivity index is 1.67. The zero-order valence-corrected chi connectivity index (χ0v) is 15.1. The van der Waals surface area contributed by atoms with E-state index in [0.717, 1.165) is 31.8 Å². The van der Waals surface area contributed by atoms with Crippen LogP contribution in [0.5, 0.6) is 11.5 Å². The SMILES string of the molecule is [C-]#[N+]c1ccc(C(C)=O)c(Oc2ccc(N3CC(OCCC)C3)cc2)c1. The summed E-state index contributed by atoms with van der Waals surface area (Å²) < 4.78 is 11.6. The summed E-state index contributed by atoms with van der Waals surface area (Å²) in [6, 6.07) is 12.6. The van der Waals surface area contributed by atoms with Crippen molar-refractivity contribution in [2.24, 2.45) is 0 Å². The molecule has 26 heavy (non-hydrogen) atoms. The first-order valence-electron chi connectivity index (χ1n) is 8.77. The molecular weight excluding hydrogens is 328 g/mol. The molecule has 0 aromatic heterocycles. The number of anilines is 1. The van der Waals surface area contributed by atoms with Crippen LogP contribution in [-0.4, -0.2) is 31.6 Å². The van der Waals surface area contributed by atoms with Gasteiger partial charge in [-0.05, 0) is 43.7 Å². The normalized spacial score (nSPS) is 13.8. The van der Waals surface area contributed by atoms with Crippen LogP contribution in [0.3, 0.4) is 0 Å². The molecule has 1 aliphatic rings. The molecule has 3 rings (SSSR count). The number of carbonyl (C=O) groups is 1. The summed E-state index contributed by atoms with van der Waals surface area (Å²) in [5.41, 5.74) is 2.04. The standard InChI is InChI=1S/C21H22N2O3/c1-4-11-25-19-13-23(14-19)17-6-8-18(9-7-17)26-21-12-16(22-3)5-10-20(21)15(2)24/h5-10,12,19H,4,11,13-14H2,1-2H3. The largest absolute Gasteiger partial charge is 0.458 e. The average Bonchev–Trinajstić information content (AvgIpc) is 2.61. The predicted octanol–water partition coefficient (Wildman–Crippen LogP) is 4.85. The summed E-state index contributed by atoms with van der Waals surface area (Å²) in [6.07, 6.45) is 1.36. The second-order valence-electron chi connectivity index (χ2n) is 6.34. The van der Waals surface area contributed by atoms with Crippen LogP contribution in [0, 0.1) is 6.57 Å². The quantitative estimate of drug-likeness (QED) is 0.529. The van der Waals surface area contributed by atoms with Gasteiger partial charge in [0.25, 0.3) is 0 Å². The van der Waals surface area contributed by atoms with Crippen LogP contribution in [-0.2, 0) is 4.74 Å². The Morgan fingerprint density at radius 1 is 1.23 bits per heavy atom. The molecule has 0 N–H and O–H groups in total. The summed E-state index contributed by atoms with van der Waals surface area (Å²) in [4.78, 5) is 17.4. The molecule has 5 nitrogen and oxygen atoms in total. The fraction of sp³-hybridized carbons (Fsp3) is 0.333. The highest BCUT2D eigenvalue weighted by molar-refractivity contribution is 5.97. The lowest BCUT2D eigenvalue weighted by molar-refractivity contribution is 0.0348. The van der Waals surface area contributed by atoms with Crippen LogP contribution in [0.25, 0.3) is 4.85 Å². The molecule has 1 aliphatic heterocycles. The summed E-state index contributed by atoms with van der Waals surface area (Å²) in [7, 11) is 0. The van der Waals surface area contributed by atoms with Crippen molar-refractivity contribution < 1.29 is 14.3 Å². The molecule has 0 saturated carbocycles. The molecule has 0 aliphatic carbocycles. The van der Waals surface area contributed by atoms with E-state index in [1.54, 1.807) is 18.2 Å². The highest BCUT2D eigenvalue weighted by Gasteiger charge is 2.27. The third-order valence-corrected chi connectivity index (χ3v) is 4.31. The number of nitrogens with zero attached hydrogens (tertiary/aromatic N) is 2.